The monoisotopic (exact) mass is 806 g/mol. The normalized spacial score (nSPS) is 11.2. The number of aryl methyl sites for hydroxylation is 1. The van der Waals surface area contributed by atoms with Gasteiger partial charge in [0.25, 0.3) is 0 Å². The third-order valence-corrected chi connectivity index (χ3v) is 9.56. The summed E-state index contributed by atoms with van der Waals surface area (Å²) in [4.78, 5) is 42.8. The quantitative estimate of drug-likeness (QED) is 0.0562. The van der Waals surface area contributed by atoms with Gasteiger partial charge < -0.3 is 38.9 Å². The van der Waals surface area contributed by atoms with Crippen LogP contribution >= 0.6 is 11.6 Å². The summed E-state index contributed by atoms with van der Waals surface area (Å²) in [6.45, 7) is 2.29. The smallest absolute Gasteiger partial charge is 0.311 e. The zero-order chi connectivity index (χ0) is 40.9. The molecule has 7 rings (SSSR count). The molecule has 0 fully saturated rings. The highest BCUT2D eigenvalue weighted by Crippen LogP contribution is 2.38. The van der Waals surface area contributed by atoms with Crippen molar-refractivity contribution in [3.05, 3.63) is 111 Å². The number of rotatable bonds is 14. The van der Waals surface area contributed by atoms with E-state index >= 15 is 0 Å². The van der Waals surface area contributed by atoms with Gasteiger partial charge in [-0.1, -0.05) is 73.5 Å². The molecule has 7 aromatic rings. The molecule has 5 N–H and O–H groups in total. The number of imidazole rings is 1. The van der Waals surface area contributed by atoms with Gasteiger partial charge in [0, 0.05) is 36.2 Å². The molecule has 296 valence electrons. The van der Waals surface area contributed by atoms with Crippen LogP contribution in [0, 0.1) is 0 Å². The van der Waals surface area contributed by atoms with E-state index in [1.807, 2.05) is 53.1 Å². The van der Waals surface area contributed by atoms with Crippen LogP contribution in [0.25, 0.3) is 44.8 Å². The minimum absolute atomic E-state index is 0.0238. The predicted molar refractivity (Wildman–Crippen MR) is 209 cm³/mol. The van der Waals surface area contributed by atoms with E-state index < -0.39 is 34.6 Å². The van der Waals surface area contributed by atoms with Gasteiger partial charge >= 0.3 is 11.9 Å². The van der Waals surface area contributed by atoms with Gasteiger partial charge in [-0.05, 0) is 46.5 Å². The Balaban J connectivity index is 0.985. The van der Waals surface area contributed by atoms with Crippen LogP contribution in [0.5, 0.6) is 28.7 Å². The summed E-state index contributed by atoms with van der Waals surface area (Å²) >= 11 is 6.59. The van der Waals surface area contributed by atoms with E-state index in [1.165, 1.54) is 12.1 Å². The molecule has 0 atom stereocenters. The number of nitrogens with zero attached hydrogens (tertiary/aromatic N) is 5. The first kappa shape index (κ1) is 39.1. The Kier molecular flexibility index (Phi) is 11.4. The molecule has 0 amide bonds. The van der Waals surface area contributed by atoms with E-state index in [0.717, 1.165) is 59.1 Å². The lowest BCUT2D eigenvalue weighted by molar-refractivity contribution is -0.148. The average molecular weight is 807 g/mol. The summed E-state index contributed by atoms with van der Waals surface area (Å²) in [7, 11) is 0. The van der Waals surface area contributed by atoms with E-state index in [-0.39, 0.29) is 58.4 Å². The summed E-state index contributed by atoms with van der Waals surface area (Å²) < 4.78 is 18.3. The Bertz CT molecular complexity index is 2690. The molecule has 17 heteroatoms. The second-order valence-corrected chi connectivity index (χ2v) is 13.6. The Morgan fingerprint density at radius 3 is 2.36 bits per heavy atom. The maximum atomic E-state index is 12.8. The number of fused-ring (bicyclic) bond motifs is 1. The average Bonchev–Trinajstić information content (AvgIpc) is 3.85. The molecule has 0 spiro atoms. The fraction of sp³-hybridized carbons (Fsp3) is 0.195. The first-order valence-electron chi connectivity index (χ1n) is 18.1. The number of aromatic hydroxyl groups is 4. The molecule has 0 saturated heterocycles. The van der Waals surface area contributed by atoms with Gasteiger partial charge in [0.05, 0.1) is 18.5 Å². The molecule has 3 aromatic heterocycles. The highest BCUT2D eigenvalue weighted by Gasteiger charge is 2.22. The molecule has 3 heterocycles. The number of carbonyl (C=O) groups is 2. The molecule has 0 aliphatic carbocycles. The van der Waals surface area contributed by atoms with E-state index in [4.69, 9.17) is 25.5 Å². The van der Waals surface area contributed by atoms with Crippen LogP contribution in [-0.4, -0.2) is 62.5 Å². The van der Waals surface area contributed by atoms with Gasteiger partial charge in [-0.3, -0.25) is 14.4 Å². The van der Waals surface area contributed by atoms with Gasteiger partial charge in [-0.25, -0.2) is 4.98 Å². The van der Waals surface area contributed by atoms with Crippen molar-refractivity contribution < 1.29 is 43.9 Å². The van der Waals surface area contributed by atoms with Crippen molar-refractivity contribution in [2.45, 2.75) is 52.2 Å². The molecular weight excluding hydrogens is 772 g/mol. The number of aromatic nitrogens is 6. The van der Waals surface area contributed by atoms with Crippen molar-refractivity contribution in [3.8, 4) is 62.6 Å². The van der Waals surface area contributed by atoms with Gasteiger partial charge in [0.15, 0.2) is 22.4 Å². The van der Waals surface area contributed by atoms with Crippen molar-refractivity contribution in [3.63, 3.8) is 0 Å². The van der Waals surface area contributed by atoms with Crippen LogP contribution in [0.1, 0.15) is 49.7 Å². The number of nitrogens with one attached hydrogen (secondary N) is 1. The molecule has 0 radical (unpaired) electrons. The number of H-pyrrole nitrogens is 1. The lowest BCUT2D eigenvalue weighted by atomic mass is 9.98. The van der Waals surface area contributed by atoms with Crippen LogP contribution in [0.2, 0.25) is 5.15 Å². The fourth-order valence-electron chi connectivity index (χ4n) is 6.35. The Morgan fingerprint density at radius 1 is 0.897 bits per heavy atom. The zero-order valence-electron chi connectivity index (χ0n) is 30.8. The van der Waals surface area contributed by atoms with Crippen molar-refractivity contribution in [1.82, 2.24) is 30.2 Å². The standard InChI is InChI=1S/C41H35ClN6O10/c1-2-3-8-33-43-40(42)28(48(33)20-22-9-11-23(12-10-22)26-6-4-5-7-27(26)41-44-46-47-45-41)21-56-34(52)15-16-35(53)57-31-14-13-24(17-29(31)50)39-38(55)37(54)36-30(51)18-25(49)19-32(36)58-39/h4-7,9-14,17-19,49-51,55H,2-3,8,15-16,20-21H2,1H3,(H,44,45,46,47). The van der Waals surface area contributed by atoms with Crippen molar-refractivity contribution in [2.24, 2.45) is 0 Å². The Labute approximate surface area is 333 Å². The number of hydrogen-bond acceptors (Lipinski definition) is 14. The lowest BCUT2D eigenvalue weighted by Crippen LogP contribution is -2.14. The maximum Gasteiger partial charge on any atom is 0.311 e. The number of aromatic amines is 1. The maximum absolute atomic E-state index is 12.8. The summed E-state index contributed by atoms with van der Waals surface area (Å²) in [6.07, 6.45) is 1.75. The number of carbonyl (C=O) groups excluding carboxylic acids is 2. The first-order chi connectivity index (χ1) is 28.0. The number of phenols is 3. The van der Waals surface area contributed by atoms with Crippen molar-refractivity contribution in [2.75, 3.05) is 0 Å². The number of hydrogen-bond donors (Lipinski definition) is 5. The third kappa shape index (κ3) is 8.31. The highest BCUT2D eigenvalue weighted by molar-refractivity contribution is 6.30. The highest BCUT2D eigenvalue weighted by atomic mass is 35.5. The fourth-order valence-corrected chi connectivity index (χ4v) is 6.60. The number of benzene rings is 4. The molecule has 0 bridgehead atoms. The van der Waals surface area contributed by atoms with Gasteiger partial charge in [0.2, 0.25) is 17.0 Å². The third-order valence-electron chi connectivity index (χ3n) is 9.26. The van der Waals surface area contributed by atoms with E-state index in [2.05, 4.69) is 32.5 Å². The van der Waals surface area contributed by atoms with E-state index in [1.54, 1.807) is 0 Å². The van der Waals surface area contributed by atoms with Gasteiger partial charge in [0.1, 0.15) is 34.9 Å². The summed E-state index contributed by atoms with van der Waals surface area (Å²) in [6, 6.07) is 21.3. The summed E-state index contributed by atoms with van der Waals surface area (Å²) in [5.74, 6) is -3.31. The second kappa shape index (κ2) is 16.9. The molecule has 0 aliphatic rings. The van der Waals surface area contributed by atoms with Crippen LogP contribution in [0.3, 0.4) is 0 Å². The first-order valence-corrected chi connectivity index (χ1v) is 18.5. The summed E-state index contributed by atoms with van der Waals surface area (Å²) in [5.41, 5.74) is 3.03. The molecular formula is C41H35ClN6O10. The number of tetrazole rings is 1. The van der Waals surface area contributed by atoms with E-state index in [0.29, 0.717) is 24.5 Å². The molecule has 58 heavy (non-hydrogen) atoms. The largest absolute Gasteiger partial charge is 0.508 e. The van der Waals surface area contributed by atoms with Crippen LogP contribution in [0.15, 0.2) is 88.1 Å². The number of unbranched alkanes of at least 4 members (excludes halogenated alkanes) is 1. The van der Waals surface area contributed by atoms with Crippen LogP contribution in [0.4, 0.5) is 0 Å². The van der Waals surface area contributed by atoms with Crippen LogP contribution in [-0.2, 0) is 33.9 Å². The van der Waals surface area contributed by atoms with Crippen LogP contribution < -0.4 is 10.2 Å². The van der Waals surface area contributed by atoms with Crippen molar-refractivity contribution >= 4 is 34.5 Å². The second-order valence-electron chi connectivity index (χ2n) is 13.2. The number of esters is 2. The minimum atomic E-state index is -0.967. The SMILES string of the molecule is CCCCc1nc(Cl)c(COC(=O)CCC(=O)Oc2ccc(-c3oc4cc(O)cc(O)c4c(=O)c3O)cc2O)n1Cc1ccc(-c2ccccc2-c2nn[nH]n2)cc1. The Morgan fingerprint density at radius 2 is 1.64 bits per heavy atom. The Hall–Kier alpha value is -7.20. The number of phenolic OH excluding ortho intramolecular Hbond substituents is 3. The lowest BCUT2D eigenvalue weighted by Gasteiger charge is -2.14. The van der Waals surface area contributed by atoms with Crippen molar-refractivity contribution in [1.29, 1.82) is 0 Å². The van der Waals surface area contributed by atoms with Gasteiger partial charge in [-0.2, -0.15) is 5.21 Å². The molecule has 0 unspecified atom stereocenters. The summed E-state index contributed by atoms with van der Waals surface area (Å²) in [5, 5.41) is 55.2. The number of halogens is 1. The minimum Gasteiger partial charge on any atom is -0.508 e. The van der Waals surface area contributed by atoms with E-state index in [9.17, 15) is 34.8 Å². The number of ether oxygens (including phenoxy) is 2. The molecule has 0 aliphatic heterocycles. The predicted octanol–water partition coefficient (Wildman–Crippen LogP) is 6.80. The molecule has 4 aromatic carbocycles. The van der Waals surface area contributed by atoms with Gasteiger partial charge in [-0.15, -0.1) is 10.2 Å². The molecule has 0 saturated carbocycles. The zero-order valence-corrected chi connectivity index (χ0v) is 31.6. The topological polar surface area (TPSA) is 236 Å². The molecule has 16 nitrogen and oxygen atoms in total.